The lowest BCUT2D eigenvalue weighted by Crippen LogP contribution is -2.36. The molecule has 4 heteroatoms. The minimum atomic E-state index is -0.440. The maximum atomic E-state index is 11.5. The molecule has 0 aromatic rings. The predicted octanol–water partition coefficient (Wildman–Crippen LogP) is 2.31. The highest BCUT2D eigenvalue weighted by atomic mass is 16.6. The highest BCUT2D eigenvalue weighted by molar-refractivity contribution is 5.67. The average molecular weight is 243 g/mol. The first-order valence-electron chi connectivity index (χ1n) is 6.48. The van der Waals surface area contributed by atoms with Crippen LogP contribution in [0, 0.1) is 11.8 Å². The van der Waals surface area contributed by atoms with E-state index in [-0.39, 0.29) is 12.7 Å². The van der Waals surface area contributed by atoms with E-state index in [1.54, 1.807) is 0 Å². The van der Waals surface area contributed by atoms with Crippen molar-refractivity contribution in [2.24, 2.45) is 11.8 Å². The normalized spacial score (nSPS) is 25.4. The first kappa shape index (κ1) is 14.3. The van der Waals surface area contributed by atoms with Crippen molar-refractivity contribution in [2.75, 3.05) is 13.2 Å². The number of aliphatic hydroxyl groups is 1. The van der Waals surface area contributed by atoms with Gasteiger partial charge >= 0.3 is 6.09 Å². The molecule has 1 aliphatic rings. The summed E-state index contributed by atoms with van der Waals surface area (Å²) in [5.41, 5.74) is -0.440. The van der Waals surface area contributed by atoms with Crippen LogP contribution in [0.3, 0.4) is 0 Å². The van der Waals surface area contributed by atoms with E-state index < -0.39 is 5.60 Å². The number of carbonyl (C=O) groups excluding carboxylic acids is 1. The van der Waals surface area contributed by atoms with Crippen molar-refractivity contribution in [3.8, 4) is 0 Å². The summed E-state index contributed by atoms with van der Waals surface area (Å²) >= 11 is 0. The Morgan fingerprint density at radius 2 is 2.00 bits per heavy atom. The molecule has 0 aliphatic heterocycles. The lowest BCUT2D eigenvalue weighted by Gasteiger charge is -2.28. The molecule has 0 saturated heterocycles. The molecule has 2 N–H and O–H groups in total. The Kier molecular flexibility index (Phi) is 5.25. The molecular formula is C13H25NO3. The third-order valence-electron chi connectivity index (χ3n) is 3.08. The van der Waals surface area contributed by atoms with Gasteiger partial charge in [-0.1, -0.05) is 6.42 Å². The van der Waals surface area contributed by atoms with Crippen molar-refractivity contribution < 1.29 is 14.6 Å². The summed E-state index contributed by atoms with van der Waals surface area (Å²) in [6, 6.07) is 0. The van der Waals surface area contributed by atoms with Gasteiger partial charge in [0.05, 0.1) is 0 Å². The van der Waals surface area contributed by atoms with E-state index in [2.05, 4.69) is 5.32 Å². The largest absolute Gasteiger partial charge is 0.444 e. The zero-order chi connectivity index (χ0) is 12.9. The third-order valence-corrected chi connectivity index (χ3v) is 3.08. The molecule has 0 spiro atoms. The molecule has 0 aromatic carbocycles. The Hall–Kier alpha value is -0.770. The molecule has 1 fully saturated rings. The topological polar surface area (TPSA) is 58.6 Å². The molecule has 1 saturated carbocycles. The first-order valence-corrected chi connectivity index (χ1v) is 6.48. The molecule has 1 amide bonds. The standard InChI is InChI=1S/C13H25NO3/c1-13(2,3)17-12(16)14-8-10-5-4-6-11(7-10)9-15/h10-11,15H,4-9H2,1-3H3,(H,14,16)/t10-,11+/m1/s1. The van der Waals surface area contributed by atoms with Gasteiger partial charge in [-0.2, -0.15) is 0 Å². The molecule has 2 atom stereocenters. The summed E-state index contributed by atoms with van der Waals surface area (Å²) in [7, 11) is 0. The highest BCUT2D eigenvalue weighted by Gasteiger charge is 2.22. The molecule has 0 radical (unpaired) electrons. The number of aliphatic hydroxyl groups excluding tert-OH is 1. The Morgan fingerprint density at radius 3 is 2.59 bits per heavy atom. The van der Waals surface area contributed by atoms with Crippen LogP contribution >= 0.6 is 0 Å². The van der Waals surface area contributed by atoms with E-state index in [9.17, 15) is 4.79 Å². The second-order valence-electron chi connectivity index (χ2n) is 5.96. The smallest absolute Gasteiger partial charge is 0.407 e. The maximum Gasteiger partial charge on any atom is 0.407 e. The van der Waals surface area contributed by atoms with Crippen LogP contribution in [-0.2, 0) is 4.74 Å². The zero-order valence-electron chi connectivity index (χ0n) is 11.2. The van der Waals surface area contributed by atoms with Crippen LogP contribution in [0.15, 0.2) is 0 Å². The van der Waals surface area contributed by atoms with E-state index in [0.717, 1.165) is 25.7 Å². The highest BCUT2D eigenvalue weighted by Crippen LogP contribution is 2.28. The zero-order valence-corrected chi connectivity index (χ0v) is 11.2. The number of alkyl carbamates (subject to hydrolysis) is 1. The lowest BCUT2D eigenvalue weighted by molar-refractivity contribution is 0.0509. The summed E-state index contributed by atoms with van der Waals surface area (Å²) in [6.45, 7) is 6.49. The van der Waals surface area contributed by atoms with Crippen molar-refractivity contribution in [2.45, 2.75) is 52.1 Å². The fraction of sp³-hybridized carbons (Fsp3) is 0.923. The van der Waals surface area contributed by atoms with Crippen LogP contribution in [0.5, 0.6) is 0 Å². The van der Waals surface area contributed by atoms with Crippen molar-refractivity contribution >= 4 is 6.09 Å². The van der Waals surface area contributed by atoms with Gasteiger partial charge in [0, 0.05) is 13.2 Å². The Morgan fingerprint density at radius 1 is 1.35 bits per heavy atom. The van der Waals surface area contributed by atoms with Gasteiger partial charge in [-0.15, -0.1) is 0 Å². The van der Waals surface area contributed by atoms with Crippen LogP contribution < -0.4 is 5.32 Å². The number of carbonyl (C=O) groups is 1. The third kappa shape index (κ3) is 5.91. The maximum absolute atomic E-state index is 11.5. The van der Waals surface area contributed by atoms with Crippen LogP contribution in [0.1, 0.15) is 46.5 Å². The minimum Gasteiger partial charge on any atom is -0.444 e. The molecule has 0 unspecified atom stereocenters. The van der Waals surface area contributed by atoms with Crippen molar-refractivity contribution in [3.63, 3.8) is 0 Å². The van der Waals surface area contributed by atoms with Gasteiger partial charge in [0.15, 0.2) is 0 Å². The van der Waals surface area contributed by atoms with Gasteiger partial charge < -0.3 is 15.2 Å². The molecule has 17 heavy (non-hydrogen) atoms. The number of hydrogen-bond acceptors (Lipinski definition) is 3. The summed E-state index contributed by atoms with van der Waals surface area (Å²) in [6.07, 6.45) is 4.05. The van der Waals surface area contributed by atoms with E-state index >= 15 is 0 Å². The first-order chi connectivity index (χ1) is 7.90. The van der Waals surface area contributed by atoms with E-state index in [1.807, 2.05) is 20.8 Å². The summed E-state index contributed by atoms with van der Waals surface area (Å²) in [5.74, 6) is 0.891. The average Bonchev–Trinajstić information content (AvgIpc) is 2.24. The predicted molar refractivity (Wildman–Crippen MR) is 66.8 cm³/mol. The molecule has 0 bridgehead atoms. The van der Waals surface area contributed by atoms with Gasteiger partial charge in [0.1, 0.15) is 5.60 Å². The van der Waals surface area contributed by atoms with Gasteiger partial charge in [0.25, 0.3) is 0 Å². The van der Waals surface area contributed by atoms with Crippen molar-refractivity contribution in [3.05, 3.63) is 0 Å². The van der Waals surface area contributed by atoms with E-state index in [1.165, 1.54) is 0 Å². The van der Waals surface area contributed by atoms with Crippen LogP contribution in [0.4, 0.5) is 4.79 Å². The van der Waals surface area contributed by atoms with Gasteiger partial charge in [0.2, 0.25) is 0 Å². The van der Waals surface area contributed by atoms with Gasteiger partial charge in [-0.25, -0.2) is 4.79 Å². The second kappa shape index (κ2) is 6.24. The van der Waals surface area contributed by atoms with Crippen molar-refractivity contribution in [1.29, 1.82) is 0 Å². The summed E-state index contributed by atoms with van der Waals surface area (Å²) < 4.78 is 5.18. The summed E-state index contributed by atoms with van der Waals surface area (Å²) in [5, 5.41) is 11.9. The Bertz CT molecular complexity index is 248. The molecule has 0 aromatic heterocycles. The molecule has 1 rings (SSSR count). The van der Waals surface area contributed by atoms with Crippen molar-refractivity contribution in [1.82, 2.24) is 5.32 Å². The van der Waals surface area contributed by atoms with Gasteiger partial charge in [-0.3, -0.25) is 0 Å². The lowest BCUT2D eigenvalue weighted by atomic mass is 9.82. The fourth-order valence-electron chi connectivity index (χ4n) is 2.30. The SMILES string of the molecule is CC(C)(C)OC(=O)NC[C@@H]1CCC[C@H](CO)C1. The number of nitrogens with one attached hydrogen (secondary N) is 1. The number of hydrogen-bond donors (Lipinski definition) is 2. The number of ether oxygens (including phenoxy) is 1. The van der Waals surface area contributed by atoms with Crippen LogP contribution in [0.2, 0.25) is 0 Å². The minimum absolute atomic E-state index is 0.267. The molecule has 100 valence electrons. The molecule has 4 nitrogen and oxygen atoms in total. The second-order valence-corrected chi connectivity index (χ2v) is 5.96. The number of amides is 1. The molecular weight excluding hydrogens is 218 g/mol. The Balaban J connectivity index is 2.23. The summed E-state index contributed by atoms with van der Waals surface area (Å²) in [4.78, 5) is 11.5. The van der Waals surface area contributed by atoms with Crippen LogP contribution in [-0.4, -0.2) is 30.0 Å². The molecule has 0 heterocycles. The number of rotatable bonds is 3. The quantitative estimate of drug-likeness (QED) is 0.799. The fourth-order valence-corrected chi connectivity index (χ4v) is 2.30. The monoisotopic (exact) mass is 243 g/mol. The van der Waals surface area contributed by atoms with Gasteiger partial charge in [-0.05, 0) is 51.9 Å². The Labute approximate surface area is 104 Å². The van der Waals surface area contributed by atoms with E-state index in [4.69, 9.17) is 9.84 Å². The van der Waals surface area contributed by atoms with E-state index in [0.29, 0.717) is 18.4 Å². The van der Waals surface area contributed by atoms with Crippen LogP contribution in [0.25, 0.3) is 0 Å². The molecule has 1 aliphatic carbocycles.